The van der Waals surface area contributed by atoms with Gasteiger partial charge >= 0.3 is 0 Å². The highest BCUT2D eigenvalue weighted by atomic mass is 32.2. The Morgan fingerprint density at radius 3 is 2.75 bits per heavy atom. The summed E-state index contributed by atoms with van der Waals surface area (Å²) in [6, 6.07) is 21.4. The van der Waals surface area contributed by atoms with Crippen molar-refractivity contribution in [3.8, 4) is 11.3 Å². The fourth-order valence-corrected chi connectivity index (χ4v) is 4.55. The summed E-state index contributed by atoms with van der Waals surface area (Å²) in [7, 11) is 0. The van der Waals surface area contributed by atoms with E-state index in [0.717, 1.165) is 58.7 Å². The van der Waals surface area contributed by atoms with Crippen LogP contribution in [0.3, 0.4) is 0 Å². The zero-order chi connectivity index (χ0) is 21.9. The molecule has 3 heterocycles. The molecule has 1 fully saturated rings. The van der Waals surface area contributed by atoms with E-state index in [9.17, 15) is 4.79 Å². The van der Waals surface area contributed by atoms with E-state index < -0.39 is 0 Å². The zero-order valence-corrected chi connectivity index (χ0v) is 18.5. The largest absolute Gasteiger partial charge is 0.322 e. The van der Waals surface area contributed by atoms with Crippen LogP contribution in [0.25, 0.3) is 22.3 Å². The van der Waals surface area contributed by atoms with Crippen LogP contribution in [0.1, 0.15) is 22.3 Å². The number of carbonyl (C=O) groups excluding carboxylic acids is 1. The molecule has 0 spiro atoms. The third-order valence-corrected chi connectivity index (χ3v) is 6.41. The maximum Gasteiger partial charge on any atom is 0.255 e. The molecule has 4 aromatic rings. The number of anilines is 2. The molecule has 1 saturated heterocycles. The van der Waals surface area contributed by atoms with Gasteiger partial charge < -0.3 is 9.62 Å². The molecule has 0 aliphatic carbocycles. The molecule has 0 unspecified atom stereocenters. The smallest absolute Gasteiger partial charge is 0.255 e. The Hall–Kier alpha value is -3.42. The summed E-state index contributed by atoms with van der Waals surface area (Å²) in [4.78, 5) is 21.9. The highest BCUT2D eigenvalue weighted by Crippen LogP contribution is 2.27. The van der Waals surface area contributed by atoms with Crippen LogP contribution in [0.15, 0.2) is 72.9 Å². The Balaban J connectivity index is 1.35. The van der Waals surface area contributed by atoms with Crippen molar-refractivity contribution in [1.29, 1.82) is 0 Å². The molecule has 160 valence electrons. The molecule has 0 bridgehead atoms. The average Bonchev–Trinajstić information content (AvgIpc) is 2.85. The van der Waals surface area contributed by atoms with Crippen molar-refractivity contribution in [3.63, 3.8) is 0 Å². The SMILES string of the molecule is Cc1ccc(NC(=O)c2ccc(N3CCCNS3)cc2)cc1-c1ccc2ncccc2n1. The van der Waals surface area contributed by atoms with E-state index in [0.29, 0.717) is 5.56 Å². The van der Waals surface area contributed by atoms with Gasteiger partial charge in [-0.05, 0) is 79.6 Å². The van der Waals surface area contributed by atoms with Gasteiger partial charge in [-0.25, -0.2) is 9.71 Å². The number of rotatable bonds is 4. The number of fused-ring (bicyclic) bond motifs is 1. The van der Waals surface area contributed by atoms with Crippen LogP contribution in [-0.4, -0.2) is 29.0 Å². The number of benzene rings is 2. The number of hydrogen-bond acceptors (Lipinski definition) is 6. The molecule has 0 radical (unpaired) electrons. The van der Waals surface area contributed by atoms with E-state index in [4.69, 9.17) is 4.98 Å². The van der Waals surface area contributed by atoms with Gasteiger partial charge in [0.2, 0.25) is 0 Å². The lowest BCUT2D eigenvalue weighted by atomic mass is 10.0. The molecule has 1 aliphatic rings. The van der Waals surface area contributed by atoms with Gasteiger partial charge in [-0.15, -0.1) is 0 Å². The number of carbonyl (C=O) groups is 1. The Morgan fingerprint density at radius 1 is 1.06 bits per heavy atom. The topological polar surface area (TPSA) is 70.2 Å². The third kappa shape index (κ3) is 4.30. The van der Waals surface area contributed by atoms with Gasteiger partial charge in [0.05, 0.1) is 16.7 Å². The van der Waals surface area contributed by atoms with Crippen LogP contribution in [0.5, 0.6) is 0 Å². The maximum atomic E-state index is 12.8. The lowest BCUT2D eigenvalue weighted by molar-refractivity contribution is 0.102. The molecule has 5 rings (SSSR count). The van der Waals surface area contributed by atoms with E-state index in [1.165, 1.54) is 0 Å². The van der Waals surface area contributed by atoms with Crippen LogP contribution in [0.4, 0.5) is 11.4 Å². The molecule has 0 atom stereocenters. The number of aryl methyl sites for hydroxylation is 1. The first-order valence-electron chi connectivity index (χ1n) is 10.6. The Morgan fingerprint density at radius 2 is 1.94 bits per heavy atom. The highest BCUT2D eigenvalue weighted by molar-refractivity contribution is 7.98. The summed E-state index contributed by atoms with van der Waals surface area (Å²) >= 11 is 1.61. The third-order valence-electron chi connectivity index (χ3n) is 5.46. The standard InChI is InChI=1S/C25H23N5OS/c1-17-5-8-19(16-21(17)22-11-12-23-24(29-22)4-2-13-26-23)28-25(31)18-6-9-20(10-7-18)30-15-3-14-27-32-30/h2,4-13,16,27H,3,14-15H2,1H3,(H,28,31). The molecule has 2 aromatic heterocycles. The highest BCUT2D eigenvalue weighted by Gasteiger charge is 2.14. The van der Waals surface area contributed by atoms with Gasteiger partial charge in [-0.2, -0.15) is 0 Å². The first-order chi connectivity index (χ1) is 15.7. The van der Waals surface area contributed by atoms with E-state index >= 15 is 0 Å². The minimum atomic E-state index is -0.133. The first-order valence-corrected chi connectivity index (χ1v) is 11.4. The maximum absolute atomic E-state index is 12.8. The fraction of sp³-hybridized carbons (Fsp3) is 0.160. The van der Waals surface area contributed by atoms with Crippen molar-refractivity contribution >= 4 is 40.4 Å². The second-order valence-electron chi connectivity index (χ2n) is 7.71. The van der Waals surface area contributed by atoms with Crippen LogP contribution in [-0.2, 0) is 0 Å². The monoisotopic (exact) mass is 441 g/mol. The minimum absolute atomic E-state index is 0.133. The number of hydrogen-bond donors (Lipinski definition) is 2. The summed E-state index contributed by atoms with van der Waals surface area (Å²) in [6.45, 7) is 4.06. The molecule has 1 amide bonds. The van der Waals surface area contributed by atoms with Crippen molar-refractivity contribution in [2.45, 2.75) is 13.3 Å². The summed E-state index contributed by atoms with van der Waals surface area (Å²) in [5.41, 5.74) is 7.10. The molecule has 2 N–H and O–H groups in total. The molecular formula is C25H23N5OS. The van der Waals surface area contributed by atoms with Gasteiger partial charge in [0.1, 0.15) is 0 Å². The quantitative estimate of drug-likeness (QED) is 0.423. The molecule has 6 nitrogen and oxygen atoms in total. The van der Waals surface area contributed by atoms with Crippen molar-refractivity contribution in [3.05, 3.63) is 84.1 Å². The number of nitrogens with zero attached hydrogens (tertiary/aromatic N) is 3. The van der Waals surface area contributed by atoms with Gasteiger partial charge in [0.25, 0.3) is 5.91 Å². The van der Waals surface area contributed by atoms with Gasteiger partial charge in [-0.3, -0.25) is 9.78 Å². The van der Waals surface area contributed by atoms with Crippen LogP contribution < -0.4 is 14.3 Å². The van der Waals surface area contributed by atoms with E-state index in [1.54, 1.807) is 18.3 Å². The van der Waals surface area contributed by atoms with Crippen LogP contribution in [0, 0.1) is 6.92 Å². The summed E-state index contributed by atoms with van der Waals surface area (Å²) < 4.78 is 5.49. The number of aromatic nitrogens is 2. The second-order valence-corrected chi connectivity index (χ2v) is 8.62. The number of nitrogens with one attached hydrogen (secondary N) is 2. The molecule has 2 aromatic carbocycles. The first kappa shape index (κ1) is 20.5. The summed E-state index contributed by atoms with van der Waals surface area (Å²) in [6.07, 6.45) is 2.87. The van der Waals surface area contributed by atoms with Crippen molar-refractivity contribution in [2.75, 3.05) is 22.7 Å². The molecule has 0 saturated carbocycles. The Labute approximate surface area is 191 Å². The second kappa shape index (κ2) is 8.98. The van der Waals surface area contributed by atoms with Gasteiger partial charge in [0, 0.05) is 53.9 Å². The minimum Gasteiger partial charge on any atom is -0.322 e. The zero-order valence-electron chi connectivity index (χ0n) is 17.7. The molecule has 7 heteroatoms. The van der Waals surface area contributed by atoms with E-state index in [-0.39, 0.29) is 5.91 Å². The van der Waals surface area contributed by atoms with Gasteiger partial charge in [-0.1, -0.05) is 6.07 Å². The van der Waals surface area contributed by atoms with Crippen molar-refractivity contribution < 1.29 is 4.79 Å². The summed E-state index contributed by atoms with van der Waals surface area (Å²) in [5, 5.41) is 3.02. The van der Waals surface area contributed by atoms with Crippen LogP contribution >= 0.6 is 12.1 Å². The van der Waals surface area contributed by atoms with Crippen LogP contribution in [0.2, 0.25) is 0 Å². The Kier molecular flexibility index (Phi) is 5.75. The molecular weight excluding hydrogens is 418 g/mol. The number of pyridine rings is 2. The lowest BCUT2D eigenvalue weighted by Crippen LogP contribution is -2.29. The van der Waals surface area contributed by atoms with Crippen molar-refractivity contribution in [1.82, 2.24) is 14.7 Å². The fourth-order valence-electron chi connectivity index (χ4n) is 3.71. The number of amides is 1. The predicted molar refractivity (Wildman–Crippen MR) is 132 cm³/mol. The van der Waals surface area contributed by atoms with Crippen molar-refractivity contribution in [2.24, 2.45) is 0 Å². The average molecular weight is 442 g/mol. The predicted octanol–water partition coefficient (Wildman–Crippen LogP) is 5.22. The van der Waals surface area contributed by atoms with E-state index in [1.807, 2.05) is 73.7 Å². The normalized spacial score (nSPS) is 13.8. The van der Waals surface area contributed by atoms with E-state index in [2.05, 4.69) is 19.3 Å². The lowest BCUT2D eigenvalue weighted by Gasteiger charge is -2.27. The summed E-state index contributed by atoms with van der Waals surface area (Å²) in [5.74, 6) is -0.133. The molecule has 1 aliphatic heterocycles. The Bertz CT molecular complexity index is 1270. The van der Waals surface area contributed by atoms with Gasteiger partial charge in [0.15, 0.2) is 0 Å². The molecule has 32 heavy (non-hydrogen) atoms.